The number of halogens is 2. The average Bonchev–Trinajstić information content (AvgIpc) is 2.78. The molecule has 4 nitrogen and oxygen atoms in total. The molecule has 1 N–H and O–H groups in total. The lowest BCUT2D eigenvalue weighted by Crippen LogP contribution is -2.46. The highest BCUT2D eigenvalue weighted by Gasteiger charge is 2.28. The van der Waals surface area contributed by atoms with Crippen LogP contribution in [0.2, 0.25) is 0 Å². The predicted molar refractivity (Wildman–Crippen MR) is 117 cm³/mol. The van der Waals surface area contributed by atoms with Crippen LogP contribution in [0, 0.1) is 11.6 Å². The zero-order chi connectivity index (χ0) is 21.8. The monoisotopic (exact) mass is 442 g/mol. The Labute approximate surface area is 182 Å². The van der Waals surface area contributed by atoms with Gasteiger partial charge in [0.25, 0.3) is 0 Å². The maximum absolute atomic E-state index is 13.6. The van der Waals surface area contributed by atoms with Gasteiger partial charge in [0.05, 0.1) is 6.04 Å². The molecule has 3 aromatic rings. The van der Waals surface area contributed by atoms with Crippen LogP contribution in [0.4, 0.5) is 8.78 Å². The molecular formula is C24H24F2N2O2S. The van der Waals surface area contributed by atoms with E-state index < -0.39 is 22.0 Å². The predicted octanol–water partition coefficient (Wildman–Crippen LogP) is 4.79. The molecule has 3 aromatic carbocycles. The molecule has 1 saturated heterocycles. The van der Waals surface area contributed by atoms with Crippen molar-refractivity contribution in [2.75, 3.05) is 13.1 Å². The van der Waals surface area contributed by atoms with Crippen molar-refractivity contribution in [1.82, 2.24) is 9.62 Å². The number of benzene rings is 3. The van der Waals surface area contributed by atoms with E-state index in [2.05, 4.69) is 9.62 Å². The number of likely N-dealkylation sites (tertiary alicyclic amines) is 1. The lowest BCUT2D eigenvalue weighted by molar-refractivity contribution is 0.198. The third-order valence-electron chi connectivity index (χ3n) is 5.55. The summed E-state index contributed by atoms with van der Waals surface area (Å²) in [5.74, 6) is -1.71. The van der Waals surface area contributed by atoms with Gasteiger partial charge in [-0.2, -0.15) is 0 Å². The number of piperidine rings is 1. The standard InChI is InChI=1S/C24H24F2N2O2S/c25-23-10-9-20(16-24(23)26)19-6-4-5-18(15-19)17-28-13-11-21(12-14-28)27-31(29,30)22-7-2-1-3-8-22/h1-10,15-16,21H,11-14,17H2,(H-,27,29,30). The molecule has 1 aliphatic rings. The second kappa shape index (κ2) is 9.36. The fraction of sp³-hybridized carbons (Fsp3) is 0.250. The molecule has 162 valence electrons. The number of nitrogens with one attached hydrogen (secondary N) is 1. The molecule has 1 unspecified atom stereocenters. The Kier molecular flexibility index (Phi) is 6.57. The van der Waals surface area contributed by atoms with E-state index in [1.165, 1.54) is 6.07 Å². The van der Waals surface area contributed by atoms with E-state index in [-0.39, 0.29) is 10.9 Å². The quantitative estimate of drug-likeness (QED) is 0.559. The van der Waals surface area contributed by atoms with Crippen LogP contribution in [0.15, 0.2) is 77.7 Å². The van der Waals surface area contributed by atoms with Crippen molar-refractivity contribution in [3.8, 4) is 11.1 Å². The highest BCUT2D eigenvalue weighted by atomic mass is 32.3. The second-order valence-corrected chi connectivity index (χ2v) is 9.53. The Balaban J connectivity index is 1.35. The number of sulfonamides is 1. The first kappa shape index (κ1) is 21.8. The Morgan fingerprint density at radius 2 is 1.61 bits per heavy atom. The summed E-state index contributed by atoms with van der Waals surface area (Å²) >= 11 is 0. The third-order valence-corrected chi connectivity index (χ3v) is 7.09. The number of hydrogen-bond donors (Lipinski definition) is 1. The van der Waals surface area contributed by atoms with Crippen molar-refractivity contribution in [3.05, 3.63) is 90.0 Å². The molecule has 1 aliphatic heterocycles. The summed E-state index contributed by atoms with van der Waals surface area (Å²) in [7, 11) is -3.50. The SMILES string of the molecule is O=[S+]([O-])(NC1CCN(Cc2cccc(-c3ccc(F)c(F)c3)c2)CC1)c1ccccc1. The highest BCUT2D eigenvalue weighted by Crippen LogP contribution is 2.24. The maximum atomic E-state index is 13.6. The lowest BCUT2D eigenvalue weighted by atomic mass is 10.0. The van der Waals surface area contributed by atoms with Crippen LogP contribution in [0.25, 0.3) is 11.1 Å². The van der Waals surface area contributed by atoms with Crippen molar-refractivity contribution in [3.63, 3.8) is 0 Å². The number of rotatable bonds is 6. The van der Waals surface area contributed by atoms with E-state index in [4.69, 9.17) is 0 Å². The van der Waals surface area contributed by atoms with Gasteiger partial charge in [-0.1, -0.05) is 46.7 Å². The van der Waals surface area contributed by atoms with Crippen LogP contribution in [-0.4, -0.2) is 28.6 Å². The Hall–Kier alpha value is -2.45. The minimum atomic E-state index is -3.50. The number of nitrogens with zero attached hydrogens (tertiary/aromatic N) is 1. The fourth-order valence-corrected chi connectivity index (χ4v) is 5.21. The summed E-state index contributed by atoms with van der Waals surface area (Å²) in [6.07, 6.45) is 1.46. The van der Waals surface area contributed by atoms with Crippen LogP contribution < -0.4 is 4.72 Å². The summed E-state index contributed by atoms with van der Waals surface area (Å²) in [4.78, 5) is 2.56. The molecule has 1 heterocycles. The van der Waals surface area contributed by atoms with Gasteiger partial charge in [0, 0.05) is 19.6 Å². The van der Waals surface area contributed by atoms with Gasteiger partial charge in [0.15, 0.2) is 26.9 Å². The van der Waals surface area contributed by atoms with Crippen molar-refractivity contribution in [2.24, 2.45) is 0 Å². The Morgan fingerprint density at radius 1 is 0.903 bits per heavy atom. The molecule has 1 atom stereocenters. The molecule has 0 amide bonds. The number of hydrogen-bond acceptors (Lipinski definition) is 3. The van der Waals surface area contributed by atoms with Crippen LogP contribution in [0.1, 0.15) is 18.4 Å². The molecule has 1 fully saturated rings. The molecule has 0 saturated carbocycles. The first-order chi connectivity index (χ1) is 14.9. The maximum Gasteiger partial charge on any atom is 0.175 e. The molecule has 0 aliphatic carbocycles. The van der Waals surface area contributed by atoms with E-state index in [0.717, 1.165) is 49.7 Å². The Morgan fingerprint density at radius 3 is 2.32 bits per heavy atom. The molecule has 31 heavy (non-hydrogen) atoms. The van der Waals surface area contributed by atoms with Gasteiger partial charge in [0.1, 0.15) is 0 Å². The van der Waals surface area contributed by atoms with Gasteiger partial charge in [-0.15, -0.1) is 4.72 Å². The Bertz CT molecular complexity index is 1090. The van der Waals surface area contributed by atoms with Gasteiger partial charge < -0.3 is 4.55 Å². The van der Waals surface area contributed by atoms with Crippen molar-refractivity contribution in [1.29, 1.82) is 0 Å². The van der Waals surface area contributed by atoms with Crippen molar-refractivity contribution < 1.29 is 17.5 Å². The lowest BCUT2D eigenvalue weighted by Gasteiger charge is -2.32. The average molecular weight is 443 g/mol. The minimum absolute atomic E-state index is 0.0880. The third kappa shape index (κ3) is 5.43. The minimum Gasteiger partial charge on any atom is -0.593 e. The summed E-state index contributed by atoms with van der Waals surface area (Å²) in [6.45, 7) is 2.27. The smallest absolute Gasteiger partial charge is 0.175 e. The van der Waals surface area contributed by atoms with Crippen LogP contribution in [0.5, 0.6) is 0 Å². The van der Waals surface area contributed by atoms with Crippen molar-refractivity contribution in [2.45, 2.75) is 30.3 Å². The van der Waals surface area contributed by atoms with E-state index >= 15 is 0 Å². The van der Waals surface area contributed by atoms with Crippen molar-refractivity contribution >= 4 is 10.4 Å². The van der Waals surface area contributed by atoms with Gasteiger partial charge >= 0.3 is 0 Å². The van der Waals surface area contributed by atoms with Gasteiger partial charge in [-0.3, -0.25) is 4.90 Å². The van der Waals surface area contributed by atoms with Crippen LogP contribution >= 0.6 is 0 Å². The topological polar surface area (TPSA) is 55.4 Å². The first-order valence-electron chi connectivity index (χ1n) is 10.2. The van der Waals surface area contributed by atoms with E-state index in [1.54, 1.807) is 36.4 Å². The normalized spacial score (nSPS) is 17.4. The molecule has 0 spiro atoms. The zero-order valence-electron chi connectivity index (χ0n) is 17.0. The fourth-order valence-electron chi connectivity index (χ4n) is 3.88. The zero-order valence-corrected chi connectivity index (χ0v) is 17.8. The van der Waals surface area contributed by atoms with Gasteiger partial charge in [0.2, 0.25) is 0 Å². The largest absolute Gasteiger partial charge is 0.593 e. The molecule has 4 rings (SSSR count). The molecule has 0 radical (unpaired) electrons. The molecule has 0 bridgehead atoms. The summed E-state index contributed by atoms with van der Waals surface area (Å²) in [5.41, 5.74) is 2.54. The van der Waals surface area contributed by atoms with Gasteiger partial charge in [-0.25, -0.2) is 8.78 Å². The van der Waals surface area contributed by atoms with Crippen LogP contribution in [-0.2, 0) is 21.2 Å². The molecular weight excluding hydrogens is 418 g/mol. The molecule has 7 heteroatoms. The summed E-state index contributed by atoms with van der Waals surface area (Å²) < 4.78 is 54.6. The summed E-state index contributed by atoms with van der Waals surface area (Å²) in [5, 5.41) is 0. The van der Waals surface area contributed by atoms with Gasteiger partial charge in [-0.05, 0) is 59.9 Å². The highest BCUT2D eigenvalue weighted by molar-refractivity contribution is 7.95. The summed E-state index contributed by atoms with van der Waals surface area (Å²) in [6, 6.07) is 20.0. The second-order valence-electron chi connectivity index (χ2n) is 7.81. The van der Waals surface area contributed by atoms with E-state index in [9.17, 15) is 17.5 Å². The van der Waals surface area contributed by atoms with Crippen LogP contribution in [0.3, 0.4) is 0 Å². The van der Waals surface area contributed by atoms with E-state index in [0.29, 0.717) is 5.56 Å². The molecule has 0 aromatic heterocycles. The van der Waals surface area contributed by atoms with E-state index in [1.807, 2.05) is 24.3 Å². The first-order valence-corrected chi connectivity index (χ1v) is 11.7.